The maximum atomic E-state index is 11.7. The van der Waals surface area contributed by atoms with Crippen LogP contribution in [0.3, 0.4) is 0 Å². The molecule has 1 N–H and O–H groups in total. The van der Waals surface area contributed by atoms with Crippen molar-refractivity contribution in [2.45, 2.75) is 38.4 Å². The third-order valence-corrected chi connectivity index (χ3v) is 2.16. The molecular formula is C9H16FNO2. The fourth-order valence-corrected chi connectivity index (χ4v) is 1.45. The molecule has 0 aromatic rings. The van der Waals surface area contributed by atoms with Gasteiger partial charge in [-0.1, -0.05) is 0 Å². The van der Waals surface area contributed by atoms with E-state index in [9.17, 15) is 9.18 Å². The van der Waals surface area contributed by atoms with Gasteiger partial charge in [0.25, 0.3) is 0 Å². The van der Waals surface area contributed by atoms with Crippen LogP contribution in [0.2, 0.25) is 0 Å². The van der Waals surface area contributed by atoms with Gasteiger partial charge in [0, 0.05) is 6.54 Å². The molecule has 1 aliphatic heterocycles. The first-order valence-corrected chi connectivity index (χ1v) is 4.57. The molecule has 76 valence electrons. The molecular weight excluding hydrogens is 173 g/mol. The molecule has 1 amide bonds. The molecule has 1 unspecified atom stereocenters. The molecule has 1 saturated heterocycles. The fourth-order valence-electron chi connectivity index (χ4n) is 1.45. The third-order valence-electron chi connectivity index (χ3n) is 2.16. The number of carbonyl (C=O) groups excluding carboxylic acids is 1. The Labute approximate surface area is 77.6 Å². The van der Waals surface area contributed by atoms with Crippen LogP contribution in [0.4, 0.5) is 4.39 Å². The summed E-state index contributed by atoms with van der Waals surface area (Å²) in [7, 11) is 0. The van der Waals surface area contributed by atoms with Gasteiger partial charge in [0.1, 0.15) is 12.8 Å². The number of hydrogen-bond donors (Lipinski definition) is 1. The highest BCUT2D eigenvalue weighted by molar-refractivity contribution is 5.81. The average Bonchev–Trinajstić information content (AvgIpc) is 2.42. The van der Waals surface area contributed by atoms with Crippen molar-refractivity contribution in [3.63, 3.8) is 0 Å². The third kappa shape index (κ3) is 2.95. The largest absolute Gasteiger partial charge is 0.363 e. The van der Waals surface area contributed by atoms with E-state index >= 15 is 0 Å². The smallest absolute Gasteiger partial charge is 0.249 e. The zero-order valence-electron chi connectivity index (χ0n) is 8.10. The lowest BCUT2D eigenvalue weighted by molar-refractivity contribution is -0.135. The van der Waals surface area contributed by atoms with Gasteiger partial charge in [-0.15, -0.1) is 0 Å². The number of rotatable bonds is 3. The maximum absolute atomic E-state index is 11.7. The number of hydrogen-bond acceptors (Lipinski definition) is 2. The molecule has 0 saturated carbocycles. The molecule has 1 heterocycles. The maximum Gasteiger partial charge on any atom is 0.249 e. The van der Waals surface area contributed by atoms with Crippen LogP contribution < -0.4 is 5.32 Å². The molecule has 0 aromatic heterocycles. The van der Waals surface area contributed by atoms with E-state index in [1.807, 2.05) is 13.8 Å². The topological polar surface area (TPSA) is 38.3 Å². The minimum Gasteiger partial charge on any atom is -0.363 e. The highest BCUT2D eigenvalue weighted by atomic mass is 19.1. The van der Waals surface area contributed by atoms with Crippen molar-refractivity contribution >= 4 is 5.91 Å². The van der Waals surface area contributed by atoms with Crippen LogP contribution >= 0.6 is 0 Å². The van der Waals surface area contributed by atoms with E-state index in [0.29, 0.717) is 0 Å². The molecule has 0 bridgehead atoms. The Morgan fingerprint density at radius 1 is 1.69 bits per heavy atom. The number of halogens is 1. The van der Waals surface area contributed by atoms with E-state index in [1.54, 1.807) is 0 Å². The summed E-state index contributed by atoms with van der Waals surface area (Å²) in [4.78, 5) is 11.3. The zero-order chi connectivity index (χ0) is 9.90. The number of alkyl halides is 1. The molecule has 0 aromatic carbocycles. The van der Waals surface area contributed by atoms with Crippen molar-refractivity contribution < 1.29 is 13.9 Å². The van der Waals surface area contributed by atoms with Crippen LogP contribution in [0, 0.1) is 0 Å². The Kier molecular flexibility index (Phi) is 3.25. The van der Waals surface area contributed by atoms with Crippen LogP contribution in [0.15, 0.2) is 0 Å². The Morgan fingerprint density at radius 2 is 2.38 bits per heavy atom. The van der Waals surface area contributed by atoms with Crippen molar-refractivity contribution in [3.8, 4) is 0 Å². The summed E-state index contributed by atoms with van der Waals surface area (Å²) >= 11 is 0. The van der Waals surface area contributed by atoms with Crippen molar-refractivity contribution in [1.82, 2.24) is 5.32 Å². The second kappa shape index (κ2) is 4.05. The van der Waals surface area contributed by atoms with Crippen LogP contribution in [0.1, 0.15) is 26.7 Å². The van der Waals surface area contributed by atoms with Gasteiger partial charge in [0.2, 0.25) is 5.91 Å². The molecule has 3 nitrogen and oxygen atoms in total. The van der Waals surface area contributed by atoms with Crippen LogP contribution in [-0.4, -0.2) is 30.8 Å². The molecule has 0 spiro atoms. The molecule has 1 atom stereocenters. The lowest BCUT2D eigenvalue weighted by Crippen LogP contribution is -2.36. The van der Waals surface area contributed by atoms with Gasteiger partial charge in [-0.3, -0.25) is 4.79 Å². The lowest BCUT2D eigenvalue weighted by atomic mass is 10.1. The second-order valence-electron chi connectivity index (χ2n) is 3.88. The first kappa shape index (κ1) is 10.4. The van der Waals surface area contributed by atoms with Crippen LogP contribution in [0.25, 0.3) is 0 Å². The van der Waals surface area contributed by atoms with Gasteiger partial charge in [-0.25, -0.2) is 4.39 Å². The summed E-state index contributed by atoms with van der Waals surface area (Å²) in [6.07, 6.45) is 1.22. The van der Waals surface area contributed by atoms with Gasteiger partial charge in [0.15, 0.2) is 0 Å². The van der Waals surface area contributed by atoms with Gasteiger partial charge in [-0.05, 0) is 26.7 Å². The highest BCUT2D eigenvalue weighted by Crippen LogP contribution is 2.29. The molecule has 4 heteroatoms. The summed E-state index contributed by atoms with van der Waals surface area (Å²) < 4.78 is 17.2. The SMILES string of the molecule is CC1(C)CCC(C(=O)NCCF)O1. The number of carbonyl (C=O) groups is 1. The Hall–Kier alpha value is -0.640. The van der Waals surface area contributed by atoms with Crippen LogP contribution in [0.5, 0.6) is 0 Å². The molecule has 0 aliphatic carbocycles. The van der Waals surface area contributed by atoms with Crippen molar-refractivity contribution in [1.29, 1.82) is 0 Å². The monoisotopic (exact) mass is 189 g/mol. The Balaban J connectivity index is 2.33. The fraction of sp³-hybridized carbons (Fsp3) is 0.889. The second-order valence-corrected chi connectivity index (χ2v) is 3.88. The standard InChI is InChI=1S/C9H16FNO2/c1-9(2)4-3-7(13-9)8(12)11-6-5-10/h7H,3-6H2,1-2H3,(H,11,12). The first-order valence-electron chi connectivity index (χ1n) is 4.57. The van der Waals surface area contributed by atoms with E-state index in [2.05, 4.69) is 5.32 Å². The van der Waals surface area contributed by atoms with E-state index in [-0.39, 0.29) is 24.2 Å². The van der Waals surface area contributed by atoms with E-state index in [0.717, 1.165) is 12.8 Å². The van der Waals surface area contributed by atoms with E-state index in [4.69, 9.17) is 4.74 Å². The normalized spacial score (nSPS) is 25.9. The van der Waals surface area contributed by atoms with Gasteiger partial charge < -0.3 is 10.1 Å². The molecule has 0 radical (unpaired) electrons. The Bertz CT molecular complexity index is 194. The van der Waals surface area contributed by atoms with E-state index < -0.39 is 6.67 Å². The van der Waals surface area contributed by atoms with Gasteiger partial charge in [-0.2, -0.15) is 0 Å². The number of ether oxygens (including phenoxy) is 1. The Morgan fingerprint density at radius 3 is 2.85 bits per heavy atom. The van der Waals surface area contributed by atoms with Crippen molar-refractivity contribution in [2.75, 3.05) is 13.2 Å². The highest BCUT2D eigenvalue weighted by Gasteiger charge is 2.35. The van der Waals surface area contributed by atoms with Gasteiger partial charge in [0.05, 0.1) is 5.60 Å². The lowest BCUT2D eigenvalue weighted by Gasteiger charge is -2.18. The summed E-state index contributed by atoms with van der Waals surface area (Å²) in [5.74, 6) is -0.191. The molecule has 1 rings (SSSR count). The number of amides is 1. The van der Waals surface area contributed by atoms with E-state index in [1.165, 1.54) is 0 Å². The average molecular weight is 189 g/mol. The minimum atomic E-state index is -0.526. The molecule has 1 fully saturated rings. The molecule has 13 heavy (non-hydrogen) atoms. The predicted molar refractivity (Wildman–Crippen MR) is 47.2 cm³/mol. The predicted octanol–water partition coefficient (Wildman–Crippen LogP) is 1.03. The van der Waals surface area contributed by atoms with Crippen LogP contribution in [-0.2, 0) is 9.53 Å². The first-order chi connectivity index (χ1) is 6.05. The summed E-state index contributed by atoms with van der Waals surface area (Å²) in [6.45, 7) is 3.46. The summed E-state index contributed by atoms with van der Waals surface area (Å²) in [5.41, 5.74) is -0.211. The van der Waals surface area contributed by atoms with Crippen molar-refractivity contribution in [3.05, 3.63) is 0 Å². The molecule has 1 aliphatic rings. The van der Waals surface area contributed by atoms with Gasteiger partial charge >= 0.3 is 0 Å². The number of nitrogens with one attached hydrogen (secondary N) is 1. The summed E-state index contributed by atoms with van der Waals surface area (Å²) in [6, 6.07) is 0. The quantitative estimate of drug-likeness (QED) is 0.720. The minimum absolute atomic E-state index is 0.0825. The summed E-state index contributed by atoms with van der Waals surface area (Å²) in [5, 5.41) is 2.47. The zero-order valence-corrected chi connectivity index (χ0v) is 8.10. The van der Waals surface area contributed by atoms with Crippen molar-refractivity contribution in [2.24, 2.45) is 0 Å².